The lowest BCUT2D eigenvalue weighted by Crippen LogP contribution is -2.26. The number of hydrogen-bond acceptors (Lipinski definition) is 5. The van der Waals surface area contributed by atoms with Crippen molar-refractivity contribution in [1.29, 1.82) is 0 Å². The van der Waals surface area contributed by atoms with Gasteiger partial charge in [-0.1, -0.05) is 49.7 Å². The van der Waals surface area contributed by atoms with Crippen LogP contribution in [0, 0.1) is 0 Å². The number of nitrogens with one attached hydrogen (secondary N) is 2. The van der Waals surface area contributed by atoms with Crippen LogP contribution >= 0.6 is 11.8 Å². The fraction of sp³-hybridized carbons (Fsp3) is 0.375. The van der Waals surface area contributed by atoms with Gasteiger partial charge in [-0.3, -0.25) is 4.79 Å². The minimum Gasteiger partial charge on any atom is -0.355 e. The lowest BCUT2D eigenvalue weighted by molar-refractivity contribution is -0.118. The zero-order chi connectivity index (χ0) is 16.1. The Kier molecular flexibility index (Phi) is 5.07. The number of H-pyrrole nitrogens is 1. The summed E-state index contributed by atoms with van der Waals surface area (Å²) < 4.78 is 0. The molecule has 0 fully saturated rings. The molecule has 3 aromatic rings. The Hall–Kier alpha value is -2.15. The van der Waals surface area contributed by atoms with Crippen LogP contribution < -0.4 is 5.32 Å². The first-order chi connectivity index (χ1) is 11.3. The maximum Gasteiger partial charge on any atom is 0.230 e. The lowest BCUT2D eigenvalue weighted by Gasteiger charge is -2.03. The molecule has 0 radical (unpaired) electrons. The van der Waals surface area contributed by atoms with Crippen LogP contribution in [0.1, 0.15) is 26.2 Å². The highest BCUT2D eigenvalue weighted by molar-refractivity contribution is 7.99. The molecule has 120 valence electrons. The minimum atomic E-state index is 0.00597. The summed E-state index contributed by atoms with van der Waals surface area (Å²) in [6, 6.07) is 7.89. The predicted molar refractivity (Wildman–Crippen MR) is 92.4 cm³/mol. The Bertz CT molecular complexity index is 816. The molecular formula is C16H19N5OS. The van der Waals surface area contributed by atoms with E-state index in [-0.39, 0.29) is 5.91 Å². The molecule has 0 aliphatic carbocycles. The molecule has 2 aromatic heterocycles. The maximum atomic E-state index is 11.8. The quantitative estimate of drug-likeness (QED) is 0.514. The van der Waals surface area contributed by atoms with Crippen molar-refractivity contribution in [1.82, 2.24) is 25.5 Å². The molecule has 2 heterocycles. The van der Waals surface area contributed by atoms with Crippen molar-refractivity contribution in [2.24, 2.45) is 0 Å². The number of aromatic amines is 1. The van der Waals surface area contributed by atoms with Crippen LogP contribution in [0.25, 0.3) is 22.1 Å². The first-order valence-electron chi connectivity index (χ1n) is 7.78. The first-order valence-corrected chi connectivity index (χ1v) is 8.77. The number of carbonyl (C=O) groups is 1. The van der Waals surface area contributed by atoms with Crippen molar-refractivity contribution in [3.63, 3.8) is 0 Å². The van der Waals surface area contributed by atoms with Gasteiger partial charge in [0, 0.05) is 17.4 Å². The van der Waals surface area contributed by atoms with Crippen molar-refractivity contribution < 1.29 is 4.79 Å². The van der Waals surface area contributed by atoms with Crippen LogP contribution in [-0.4, -0.2) is 38.4 Å². The van der Waals surface area contributed by atoms with Gasteiger partial charge in [0.05, 0.1) is 5.75 Å². The summed E-state index contributed by atoms with van der Waals surface area (Å²) in [4.78, 5) is 19.4. The molecule has 0 aliphatic heterocycles. The number of amides is 1. The van der Waals surface area contributed by atoms with Crippen LogP contribution in [0.3, 0.4) is 0 Å². The third-order valence-corrected chi connectivity index (χ3v) is 4.38. The Morgan fingerprint density at radius 1 is 1.26 bits per heavy atom. The fourth-order valence-corrected chi connectivity index (χ4v) is 2.97. The van der Waals surface area contributed by atoms with Gasteiger partial charge in [-0.15, -0.1) is 10.2 Å². The second kappa shape index (κ2) is 7.41. The summed E-state index contributed by atoms with van der Waals surface area (Å²) in [5.41, 5.74) is 2.45. The first kappa shape index (κ1) is 15.7. The normalized spacial score (nSPS) is 11.2. The van der Waals surface area contributed by atoms with E-state index in [4.69, 9.17) is 0 Å². The molecule has 2 N–H and O–H groups in total. The molecule has 7 heteroatoms. The number of nitrogens with zero attached hydrogens (tertiary/aromatic N) is 3. The molecule has 6 nitrogen and oxygen atoms in total. The molecule has 1 aromatic carbocycles. The van der Waals surface area contributed by atoms with E-state index in [9.17, 15) is 4.79 Å². The Labute approximate surface area is 138 Å². The molecule has 0 atom stereocenters. The standard InChI is InChI=1S/C16H19N5OS/c1-2-3-6-9-17-13(22)10-23-16-19-15-14(20-21-16)11-7-4-5-8-12(11)18-15/h4-5,7-8H,2-3,6,9-10H2,1H3,(H,17,22)(H,18,19,21). The van der Waals surface area contributed by atoms with Gasteiger partial charge < -0.3 is 10.3 Å². The molecule has 0 unspecified atom stereocenters. The summed E-state index contributed by atoms with van der Waals surface area (Å²) in [6.07, 6.45) is 3.30. The maximum absolute atomic E-state index is 11.8. The molecule has 0 bridgehead atoms. The summed E-state index contributed by atoms with van der Waals surface area (Å²) in [6.45, 7) is 2.87. The zero-order valence-electron chi connectivity index (χ0n) is 13.0. The third-order valence-electron chi connectivity index (χ3n) is 3.54. The smallest absolute Gasteiger partial charge is 0.230 e. The third kappa shape index (κ3) is 3.79. The number of benzene rings is 1. The van der Waals surface area contributed by atoms with Gasteiger partial charge in [-0.05, 0) is 12.5 Å². The van der Waals surface area contributed by atoms with Gasteiger partial charge in [0.1, 0.15) is 5.52 Å². The van der Waals surface area contributed by atoms with E-state index in [0.29, 0.717) is 16.6 Å². The van der Waals surface area contributed by atoms with Crippen molar-refractivity contribution in [2.45, 2.75) is 31.3 Å². The number of fused-ring (bicyclic) bond motifs is 3. The van der Waals surface area contributed by atoms with Gasteiger partial charge >= 0.3 is 0 Å². The predicted octanol–water partition coefficient (Wildman–Crippen LogP) is 2.90. The van der Waals surface area contributed by atoms with Crippen LogP contribution in [0.4, 0.5) is 0 Å². The number of thioether (sulfide) groups is 1. The minimum absolute atomic E-state index is 0.00597. The number of para-hydroxylation sites is 1. The van der Waals surface area contributed by atoms with E-state index >= 15 is 0 Å². The Morgan fingerprint density at radius 3 is 3.00 bits per heavy atom. The molecular weight excluding hydrogens is 310 g/mol. The monoisotopic (exact) mass is 329 g/mol. The van der Waals surface area contributed by atoms with E-state index in [2.05, 4.69) is 32.4 Å². The fourth-order valence-electron chi connectivity index (χ4n) is 2.35. The van der Waals surface area contributed by atoms with E-state index in [1.807, 2.05) is 24.3 Å². The van der Waals surface area contributed by atoms with Crippen molar-refractivity contribution in [2.75, 3.05) is 12.3 Å². The van der Waals surface area contributed by atoms with E-state index in [1.165, 1.54) is 11.8 Å². The molecule has 23 heavy (non-hydrogen) atoms. The average molecular weight is 329 g/mol. The molecule has 3 rings (SSSR count). The highest BCUT2D eigenvalue weighted by Crippen LogP contribution is 2.23. The zero-order valence-corrected chi connectivity index (χ0v) is 13.8. The van der Waals surface area contributed by atoms with Crippen LogP contribution in [0.2, 0.25) is 0 Å². The van der Waals surface area contributed by atoms with Crippen LogP contribution in [0.5, 0.6) is 0 Å². The van der Waals surface area contributed by atoms with Gasteiger partial charge in [-0.2, -0.15) is 0 Å². The largest absolute Gasteiger partial charge is 0.355 e. The van der Waals surface area contributed by atoms with E-state index in [0.717, 1.165) is 42.2 Å². The number of rotatable bonds is 7. The Balaban J connectivity index is 1.62. The summed E-state index contributed by atoms with van der Waals surface area (Å²) in [5.74, 6) is 0.311. The number of hydrogen-bond donors (Lipinski definition) is 2. The Morgan fingerprint density at radius 2 is 2.13 bits per heavy atom. The summed E-state index contributed by atoms with van der Waals surface area (Å²) >= 11 is 1.30. The number of aromatic nitrogens is 4. The molecule has 0 aliphatic rings. The van der Waals surface area contributed by atoms with Crippen LogP contribution in [-0.2, 0) is 4.79 Å². The van der Waals surface area contributed by atoms with E-state index < -0.39 is 0 Å². The van der Waals surface area contributed by atoms with Crippen LogP contribution in [0.15, 0.2) is 29.4 Å². The van der Waals surface area contributed by atoms with Crippen molar-refractivity contribution in [3.8, 4) is 0 Å². The number of unbranched alkanes of at least 4 members (excludes halogenated alkanes) is 2. The van der Waals surface area contributed by atoms with Gasteiger partial charge in [-0.25, -0.2) is 4.98 Å². The van der Waals surface area contributed by atoms with E-state index in [1.54, 1.807) is 0 Å². The second-order valence-corrected chi connectivity index (χ2v) is 6.25. The average Bonchev–Trinajstić information content (AvgIpc) is 2.94. The SMILES string of the molecule is CCCCCNC(=O)CSc1nnc2c(n1)[nH]c1ccccc12. The molecule has 0 saturated heterocycles. The molecule has 0 spiro atoms. The summed E-state index contributed by atoms with van der Waals surface area (Å²) in [7, 11) is 0. The van der Waals surface area contributed by atoms with Crippen molar-refractivity contribution >= 4 is 39.7 Å². The highest BCUT2D eigenvalue weighted by Gasteiger charge is 2.10. The van der Waals surface area contributed by atoms with Gasteiger partial charge in [0.2, 0.25) is 11.1 Å². The number of carbonyl (C=O) groups excluding carboxylic acids is 1. The van der Waals surface area contributed by atoms with Crippen molar-refractivity contribution in [3.05, 3.63) is 24.3 Å². The lowest BCUT2D eigenvalue weighted by atomic mass is 10.2. The highest BCUT2D eigenvalue weighted by atomic mass is 32.2. The van der Waals surface area contributed by atoms with Gasteiger partial charge in [0.25, 0.3) is 0 Å². The second-order valence-electron chi connectivity index (χ2n) is 5.31. The molecule has 1 amide bonds. The summed E-state index contributed by atoms with van der Waals surface area (Å²) in [5, 5.41) is 12.8. The topological polar surface area (TPSA) is 83.6 Å². The van der Waals surface area contributed by atoms with Gasteiger partial charge in [0.15, 0.2) is 5.65 Å². The molecule has 0 saturated carbocycles.